The van der Waals surface area contributed by atoms with Crippen LogP contribution in [-0.2, 0) is 0 Å². The Balaban J connectivity index is 1.88. The van der Waals surface area contributed by atoms with Crippen LogP contribution in [0.3, 0.4) is 0 Å². The second-order valence-corrected chi connectivity index (χ2v) is 4.65. The number of aromatic nitrogens is 2. The molecule has 1 heterocycles. The highest BCUT2D eigenvalue weighted by atomic mass is 15.0. The zero-order valence-electron chi connectivity index (χ0n) is 10.8. The largest absolute Gasteiger partial charge is 0.369 e. The van der Waals surface area contributed by atoms with Crippen LogP contribution in [0.5, 0.6) is 0 Å². The molecule has 0 aliphatic heterocycles. The Morgan fingerprint density at radius 1 is 1.28 bits per heavy atom. The van der Waals surface area contributed by atoms with Crippen LogP contribution in [-0.4, -0.2) is 23.1 Å². The average molecular weight is 244 g/mol. The Morgan fingerprint density at radius 3 is 2.83 bits per heavy atom. The van der Waals surface area contributed by atoms with Gasteiger partial charge in [-0.1, -0.05) is 19.1 Å². The van der Waals surface area contributed by atoms with E-state index in [0.29, 0.717) is 5.92 Å². The molecule has 1 atom stereocenters. The van der Waals surface area contributed by atoms with Gasteiger partial charge in [-0.2, -0.15) is 0 Å². The zero-order valence-corrected chi connectivity index (χ0v) is 10.8. The summed E-state index contributed by atoms with van der Waals surface area (Å²) in [6, 6.07) is 7.89. The molecule has 1 aromatic carbocycles. The van der Waals surface area contributed by atoms with Crippen molar-refractivity contribution in [2.45, 2.75) is 19.8 Å². The quantitative estimate of drug-likeness (QED) is 0.766. The summed E-state index contributed by atoms with van der Waals surface area (Å²) in [7, 11) is 0. The lowest BCUT2D eigenvalue weighted by Crippen LogP contribution is -2.12. The topological polar surface area (TPSA) is 63.8 Å². The third-order valence-electron chi connectivity index (χ3n) is 3.03. The van der Waals surface area contributed by atoms with Gasteiger partial charge in [-0.25, -0.2) is 4.98 Å². The Hall–Kier alpha value is -1.68. The molecule has 4 nitrogen and oxygen atoms in total. The molecule has 0 amide bonds. The summed E-state index contributed by atoms with van der Waals surface area (Å²) in [5, 5.41) is 3.30. The Morgan fingerprint density at radius 2 is 2.06 bits per heavy atom. The van der Waals surface area contributed by atoms with E-state index in [1.54, 1.807) is 6.20 Å². The molecular weight excluding hydrogens is 224 g/mol. The molecule has 2 rings (SSSR count). The highest BCUT2D eigenvalue weighted by Gasteiger charge is 2.00. The second kappa shape index (κ2) is 6.31. The summed E-state index contributed by atoms with van der Waals surface area (Å²) in [4.78, 5) is 8.88. The fourth-order valence-electron chi connectivity index (χ4n) is 1.83. The van der Waals surface area contributed by atoms with Crippen LogP contribution >= 0.6 is 0 Å². The first-order valence-corrected chi connectivity index (χ1v) is 6.45. The Labute approximate surface area is 108 Å². The number of nitrogens with two attached hydrogens (primary N) is 1. The van der Waals surface area contributed by atoms with Crippen molar-refractivity contribution in [2.75, 3.05) is 18.4 Å². The van der Waals surface area contributed by atoms with Gasteiger partial charge in [0, 0.05) is 6.54 Å². The minimum Gasteiger partial charge on any atom is -0.369 e. The molecular formula is C14H20N4. The predicted octanol–water partition coefficient (Wildman–Crippen LogP) is 2.42. The third-order valence-corrected chi connectivity index (χ3v) is 3.03. The molecule has 4 heteroatoms. The van der Waals surface area contributed by atoms with Crippen LogP contribution in [0.1, 0.15) is 19.8 Å². The fourth-order valence-corrected chi connectivity index (χ4v) is 1.83. The number of hydrogen-bond donors (Lipinski definition) is 2. The molecule has 1 unspecified atom stereocenters. The molecule has 96 valence electrons. The van der Waals surface area contributed by atoms with Crippen molar-refractivity contribution in [2.24, 2.45) is 11.7 Å². The standard InChI is InChI=1S/C14H20N4/c1-11(9-15)5-4-8-16-14-10-17-12-6-2-3-7-13(12)18-14/h2-3,6-7,10-11H,4-5,8-9,15H2,1H3,(H,16,18). The summed E-state index contributed by atoms with van der Waals surface area (Å²) in [5.74, 6) is 1.43. The maximum Gasteiger partial charge on any atom is 0.145 e. The average Bonchev–Trinajstić information content (AvgIpc) is 2.43. The van der Waals surface area contributed by atoms with Gasteiger partial charge in [0.05, 0.1) is 17.2 Å². The van der Waals surface area contributed by atoms with Crippen molar-refractivity contribution >= 4 is 16.9 Å². The van der Waals surface area contributed by atoms with Crippen LogP contribution in [0.2, 0.25) is 0 Å². The van der Waals surface area contributed by atoms with Crippen LogP contribution in [0.15, 0.2) is 30.5 Å². The van der Waals surface area contributed by atoms with E-state index in [1.807, 2.05) is 24.3 Å². The molecule has 1 aromatic heterocycles. The molecule has 0 fully saturated rings. The first-order chi connectivity index (χ1) is 8.79. The molecule has 0 radical (unpaired) electrons. The Kier molecular flexibility index (Phi) is 4.47. The van der Waals surface area contributed by atoms with E-state index in [2.05, 4.69) is 22.2 Å². The van der Waals surface area contributed by atoms with Gasteiger partial charge < -0.3 is 11.1 Å². The van der Waals surface area contributed by atoms with Crippen molar-refractivity contribution in [1.82, 2.24) is 9.97 Å². The van der Waals surface area contributed by atoms with E-state index in [-0.39, 0.29) is 0 Å². The first kappa shape index (κ1) is 12.8. The predicted molar refractivity (Wildman–Crippen MR) is 75.5 cm³/mol. The van der Waals surface area contributed by atoms with Crippen molar-refractivity contribution in [1.29, 1.82) is 0 Å². The van der Waals surface area contributed by atoms with Crippen LogP contribution in [0, 0.1) is 5.92 Å². The molecule has 3 N–H and O–H groups in total. The van der Waals surface area contributed by atoms with E-state index in [1.165, 1.54) is 0 Å². The maximum atomic E-state index is 5.58. The normalized spacial score (nSPS) is 12.6. The minimum atomic E-state index is 0.592. The number of para-hydroxylation sites is 2. The van der Waals surface area contributed by atoms with E-state index < -0.39 is 0 Å². The number of fused-ring (bicyclic) bond motifs is 1. The molecule has 0 bridgehead atoms. The second-order valence-electron chi connectivity index (χ2n) is 4.65. The lowest BCUT2D eigenvalue weighted by Gasteiger charge is -2.09. The van der Waals surface area contributed by atoms with Crippen LogP contribution in [0.25, 0.3) is 11.0 Å². The number of anilines is 1. The van der Waals surface area contributed by atoms with E-state index in [4.69, 9.17) is 5.73 Å². The first-order valence-electron chi connectivity index (χ1n) is 6.45. The minimum absolute atomic E-state index is 0.592. The highest BCUT2D eigenvalue weighted by molar-refractivity contribution is 5.75. The van der Waals surface area contributed by atoms with Gasteiger partial charge in [-0.05, 0) is 37.4 Å². The molecule has 0 aliphatic carbocycles. The molecule has 0 saturated heterocycles. The monoisotopic (exact) mass is 244 g/mol. The van der Waals surface area contributed by atoms with Crippen molar-refractivity contribution in [3.8, 4) is 0 Å². The number of rotatable bonds is 6. The van der Waals surface area contributed by atoms with E-state index >= 15 is 0 Å². The summed E-state index contributed by atoms with van der Waals surface area (Å²) >= 11 is 0. The van der Waals surface area contributed by atoms with Gasteiger partial charge in [-0.3, -0.25) is 4.98 Å². The van der Waals surface area contributed by atoms with E-state index in [9.17, 15) is 0 Å². The number of nitrogens with zero attached hydrogens (tertiary/aromatic N) is 2. The van der Waals surface area contributed by atoms with Crippen molar-refractivity contribution in [3.05, 3.63) is 30.5 Å². The van der Waals surface area contributed by atoms with Crippen molar-refractivity contribution < 1.29 is 0 Å². The van der Waals surface area contributed by atoms with Crippen LogP contribution in [0.4, 0.5) is 5.82 Å². The number of nitrogens with one attached hydrogen (secondary N) is 1. The highest BCUT2D eigenvalue weighted by Crippen LogP contribution is 2.11. The van der Waals surface area contributed by atoms with E-state index in [0.717, 1.165) is 42.8 Å². The van der Waals surface area contributed by atoms with Gasteiger partial charge in [0.15, 0.2) is 0 Å². The number of hydrogen-bond acceptors (Lipinski definition) is 4. The lowest BCUT2D eigenvalue weighted by atomic mass is 10.1. The summed E-state index contributed by atoms with van der Waals surface area (Å²) in [6.07, 6.45) is 4.03. The van der Waals surface area contributed by atoms with Gasteiger partial charge >= 0.3 is 0 Å². The smallest absolute Gasteiger partial charge is 0.145 e. The van der Waals surface area contributed by atoms with Crippen LogP contribution < -0.4 is 11.1 Å². The SMILES string of the molecule is CC(CN)CCCNc1cnc2ccccc2n1. The summed E-state index contributed by atoms with van der Waals surface area (Å²) in [5.41, 5.74) is 7.44. The molecule has 18 heavy (non-hydrogen) atoms. The Bertz CT molecular complexity index is 498. The van der Waals surface area contributed by atoms with Gasteiger partial charge in [0.1, 0.15) is 5.82 Å². The third kappa shape index (κ3) is 3.40. The number of benzene rings is 1. The molecule has 2 aromatic rings. The van der Waals surface area contributed by atoms with Gasteiger partial charge in [0.25, 0.3) is 0 Å². The van der Waals surface area contributed by atoms with Gasteiger partial charge in [0.2, 0.25) is 0 Å². The molecule has 0 aliphatic rings. The lowest BCUT2D eigenvalue weighted by molar-refractivity contribution is 0.529. The van der Waals surface area contributed by atoms with Crippen molar-refractivity contribution in [3.63, 3.8) is 0 Å². The zero-order chi connectivity index (χ0) is 12.8. The molecule has 0 saturated carbocycles. The van der Waals surface area contributed by atoms with Gasteiger partial charge in [-0.15, -0.1) is 0 Å². The summed E-state index contributed by atoms with van der Waals surface area (Å²) in [6.45, 7) is 3.85. The fraction of sp³-hybridized carbons (Fsp3) is 0.429. The maximum absolute atomic E-state index is 5.58. The molecule has 0 spiro atoms. The summed E-state index contributed by atoms with van der Waals surface area (Å²) < 4.78 is 0.